The number of aryl methyl sites for hydroxylation is 1. The van der Waals surface area contributed by atoms with Gasteiger partial charge in [0.2, 0.25) is 5.91 Å². The van der Waals surface area contributed by atoms with Gasteiger partial charge in [-0.15, -0.1) is 11.6 Å². The Morgan fingerprint density at radius 1 is 1.44 bits per heavy atom. The summed E-state index contributed by atoms with van der Waals surface area (Å²) >= 11 is 5.67. The Labute approximate surface area is 113 Å². The molecule has 0 aliphatic rings. The highest BCUT2D eigenvalue weighted by molar-refractivity contribution is 6.19. The van der Waals surface area contributed by atoms with Crippen molar-refractivity contribution in [2.75, 3.05) is 13.0 Å². The quantitative estimate of drug-likeness (QED) is 0.835. The Balaban J connectivity index is 2.86. The molecule has 0 aliphatic heterocycles. The molecule has 2 unspecified atom stereocenters. The first-order valence-corrected chi connectivity index (χ1v) is 6.54. The van der Waals surface area contributed by atoms with Crippen LogP contribution in [0, 0.1) is 12.8 Å². The largest absolute Gasteiger partial charge is 0.496 e. The molecule has 0 aromatic heterocycles. The number of alkyl halides is 1. The van der Waals surface area contributed by atoms with Crippen LogP contribution in [0.4, 0.5) is 0 Å². The normalized spacial score (nSPS) is 13.8. The van der Waals surface area contributed by atoms with Crippen LogP contribution in [0.15, 0.2) is 18.2 Å². The summed E-state index contributed by atoms with van der Waals surface area (Å²) in [5.41, 5.74) is 2.12. The molecule has 1 aromatic rings. The summed E-state index contributed by atoms with van der Waals surface area (Å²) < 4.78 is 5.31. The number of rotatable bonds is 5. The van der Waals surface area contributed by atoms with Gasteiger partial charge in [-0.05, 0) is 19.9 Å². The Morgan fingerprint density at radius 3 is 2.67 bits per heavy atom. The van der Waals surface area contributed by atoms with Crippen LogP contribution in [0.3, 0.4) is 0 Å². The van der Waals surface area contributed by atoms with Crippen LogP contribution in [0.25, 0.3) is 0 Å². The van der Waals surface area contributed by atoms with Gasteiger partial charge in [0.1, 0.15) is 5.75 Å². The van der Waals surface area contributed by atoms with Crippen LogP contribution < -0.4 is 10.1 Å². The summed E-state index contributed by atoms with van der Waals surface area (Å²) in [7, 11) is 1.63. The Hall–Kier alpha value is -1.22. The highest BCUT2D eigenvalue weighted by atomic mass is 35.5. The van der Waals surface area contributed by atoms with E-state index in [9.17, 15) is 4.79 Å². The molecule has 4 heteroatoms. The molecule has 2 atom stereocenters. The standard InChI is InChI=1S/C14H20ClNO2/c1-9-5-6-13(18-4)12(7-9)11(3)16-14(17)10(2)8-15/h5-7,10-11H,8H2,1-4H3,(H,16,17). The summed E-state index contributed by atoms with van der Waals surface area (Å²) in [6.45, 7) is 5.76. The van der Waals surface area contributed by atoms with E-state index in [1.165, 1.54) is 0 Å². The first-order chi connectivity index (χ1) is 8.49. The van der Waals surface area contributed by atoms with Crippen molar-refractivity contribution in [3.05, 3.63) is 29.3 Å². The fourth-order valence-corrected chi connectivity index (χ4v) is 1.84. The number of carbonyl (C=O) groups excluding carboxylic acids is 1. The third-order valence-corrected chi connectivity index (χ3v) is 3.35. The maximum absolute atomic E-state index is 11.8. The second kappa shape index (κ2) is 6.64. The zero-order valence-electron chi connectivity index (χ0n) is 11.3. The van der Waals surface area contributed by atoms with Gasteiger partial charge in [0.25, 0.3) is 0 Å². The topological polar surface area (TPSA) is 38.3 Å². The maximum Gasteiger partial charge on any atom is 0.224 e. The van der Waals surface area contributed by atoms with Gasteiger partial charge < -0.3 is 10.1 Å². The summed E-state index contributed by atoms with van der Waals surface area (Å²) in [5, 5.41) is 2.95. The zero-order chi connectivity index (χ0) is 13.7. The number of methoxy groups -OCH3 is 1. The molecule has 0 saturated carbocycles. The second-order valence-corrected chi connectivity index (χ2v) is 4.84. The molecule has 3 nitrogen and oxygen atoms in total. The van der Waals surface area contributed by atoms with E-state index < -0.39 is 0 Å². The number of amides is 1. The molecule has 0 saturated heterocycles. The van der Waals surface area contributed by atoms with E-state index in [-0.39, 0.29) is 17.9 Å². The van der Waals surface area contributed by atoms with Crippen molar-refractivity contribution >= 4 is 17.5 Å². The smallest absolute Gasteiger partial charge is 0.224 e. The SMILES string of the molecule is COc1ccc(C)cc1C(C)NC(=O)C(C)CCl. The van der Waals surface area contributed by atoms with Crippen LogP contribution in [0.2, 0.25) is 0 Å². The minimum absolute atomic E-state index is 0.0407. The maximum atomic E-state index is 11.8. The summed E-state index contributed by atoms with van der Waals surface area (Å²) in [4.78, 5) is 11.8. The first-order valence-electron chi connectivity index (χ1n) is 6.00. The van der Waals surface area contributed by atoms with Crippen LogP contribution in [0.1, 0.15) is 31.0 Å². The van der Waals surface area contributed by atoms with Crippen molar-refractivity contribution in [1.82, 2.24) is 5.32 Å². The number of ether oxygens (including phenoxy) is 1. The van der Waals surface area contributed by atoms with Crippen molar-refractivity contribution in [2.24, 2.45) is 5.92 Å². The lowest BCUT2D eigenvalue weighted by Crippen LogP contribution is -2.32. The molecular formula is C14H20ClNO2. The fraction of sp³-hybridized carbons (Fsp3) is 0.500. The van der Waals surface area contributed by atoms with E-state index in [0.717, 1.165) is 16.9 Å². The van der Waals surface area contributed by atoms with Crippen molar-refractivity contribution in [1.29, 1.82) is 0 Å². The average molecular weight is 270 g/mol. The van der Waals surface area contributed by atoms with Gasteiger partial charge in [0.05, 0.1) is 13.2 Å². The van der Waals surface area contributed by atoms with Gasteiger partial charge in [-0.3, -0.25) is 4.79 Å². The molecule has 18 heavy (non-hydrogen) atoms. The van der Waals surface area contributed by atoms with E-state index >= 15 is 0 Å². The third kappa shape index (κ3) is 3.64. The number of benzene rings is 1. The molecule has 0 spiro atoms. The predicted octanol–water partition coefficient (Wildman–Crippen LogP) is 3.06. The summed E-state index contributed by atoms with van der Waals surface area (Å²) in [6, 6.07) is 5.82. The molecular weight excluding hydrogens is 250 g/mol. The van der Waals surface area contributed by atoms with Gasteiger partial charge >= 0.3 is 0 Å². The molecule has 1 aromatic carbocycles. The number of hydrogen-bond acceptors (Lipinski definition) is 2. The molecule has 0 bridgehead atoms. The van der Waals surface area contributed by atoms with Gasteiger partial charge in [0, 0.05) is 17.4 Å². The summed E-state index contributed by atoms with van der Waals surface area (Å²) in [6.07, 6.45) is 0. The Morgan fingerprint density at radius 2 is 2.11 bits per heavy atom. The highest BCUT2D eigenvalue weighted by Gasteiger charge is 2.17. The van der Waals surface area contributed by atoms with Gasteiger partial charge in [-0.25, -0.2) is 0 Å². The highest BCUT2D eigenvalue weighted by Crippen LogP contribution is 2.26. The molecule has 0 radical (unpaired) electrons. The van der Waals surface area contributed by atoms with Gasteiger partial charge in [-0.1, -0.05) is 24.6 Å². The van der Waals surface area contributed by atoms with Crippen LogP contribution in [-0.4, -0.2) is 18.9 Å². The molecule has 1 amide bonds. The Kier molecular flexibility index (Phi) is 5.48. The van der Waals surface area contributed by atoms with Crippen LogP contribution in [-0.2, 0) is 4.79 Å². The van der Waals surface area contributed by atoms with E-state index in [1.807, 2.05) is 39.0 Å². The van der Waals surface area contributed by atoms with Gasteiger partial charge in [0.15, 0.2) is 0 Å². The molecule has 100 valence electrons. The van der Waals surface area contributed by atoms with E-state index in [1.54, 1.807) is 7.11 Å². The molecule has 1 rings (SSSR count). The van der Waals surface area contributed by atoms with Gasteiger partial charge in [-0.2, -0.15) is 0 Å². The molecule has 0 aliphatic carbocycles. The number of nitrogens with one attached hydrogen (secondary N) is 1. The van der Waals surface area contributed by atoms with Crippen molar-refractivity contribution < 1.29 is 9.53 Å². The lowest BCUT2D eigenvalue weighted by Gasteiger charge is -2.19. The van der Waals surface area contributed by atoms with Crippen molar-refractivity contribution in [3.63, 3.8) is 0 Å². The lowest BCUT2D eigenvalue weighted by molar-refractivity contribution is -0.124. The third-order valence-electron chi connectivity index (χ3n) is 2.89. The molecule has 0 fully saturated rings. The predicted molar refractivity (Wildman–Crippen MR) is 74.2 cm³/mol. The van der Waals surface area contributed by atoms with Crippen molar-refractivity contribution in [2.45, 2.75) is 26.8 Å². The minimum atomic E-state index is -0.190. The second-order valence-electron chi connectivity index (χ2n) is 4.53. The summed E-state index contributed by atoms with van der Waals surface area (Å²) in [5.74, 6) is 0.877. The van der Waals surface area contributed by atoms with Crippen LogP contribution >= 0.6 is 11.6 Å². The molecule has 1 N–H and O–H groups in total. The van der Waals surface area contributed by atoms with E-state index in [0.29, 0.717) is 5.88 Å². The van der Waals surface area contributed by atoms with E-state index in [4.69, 9.17) is 16.3 Å². The van der Waals surface area contributed by atoms with Crippen LogP contribution in [0.5, 0.6) is 5.75 Å². The fourth-order valence-electron chi connectivity index (χ4n) is 1.70. The zero-order valence-corrected chi connectivity index (χ0v) is 12.0. The molecule has 0 heterocycles. The monoisotopic (exact) mass is 269 g/mol. The average Bonchev–Trinajstić information content (AvgIpc) is 2.37. The number of carbonyl (C=O) groups is 1. The number of hydrogen-bond donors (Lipinski definition) is 1. The van der Waals surface area contributed by atoms with Crippen molar-refractivity contribution in [3.8, 4) is 5.75 Å². The van der Waals surface area contributed by atoms with E-state index in [2.05, 4.69) is 5.32 Å². The lowest BCUT2D eigenvalue weighted by atomic mass is 10.0. The number of halogens is 1. The first kappa shape index (κ1) is 14.8. The minimum Gasteiger partial charge on any atom is -0.496 e. The Bertz CT molecular complexity index is 420.